The molecule has 84 valence electrons. The maximum absolute atomic E-state index is 11.2. The Kier molecular flexibility index (Phi) is 9.19. The second-order valence-corrected chi connectivity index (χ2v) is 4.35. The Labute approximate surface area is 91.4 Å². The van der Waals surface area contributed by atoms with E-state index in [4.69, 9.17) is 0 Å². The summed E-state index contributed by atoms with van der Waals surface area (Å²) < 4.78 is 0. The van der Waals surface area contributed by atoms with Crippen molar-refractivity contribution in [1.29, 1.82) is 0 Å². The number of carbonyl (C=O) groups excluding carboxylic acids is 1. The molecule has 14 heavy (non-hydrogen) atoms. The van der Waals surface area contributed by atoms with Crippen LogP contribution in [-0.4, -0.2) is 37.0 Å². The molecular weight excluding hydrogens is 196 g/mol. The van der Waals surface area contributed by atoms with Crippen LogP contribution in [0.3, 0.4) is 0 Å². The number of amides is 1. The van der Waals surface area contributed by atoms with Crippen molar-refractivity contribution < 1.29 is 4.79 Å². The fraction of sp³-hybridized carbons (Fsp3) is 0.900. The van der Waals surface area contributed by atoms with Gasteiger partial charge in [0.25, 0.3) is 0 Å². The molecule has 0 aromatic heterocycles. The summed E-state index contributed by atoms with van der Waals surface area (Å²) in [6, 6.07) is 0.405. The summed E-state index contributed by atoms with van der Waals surface area (Å²) in [6.07, 6.45) is 4.25. The van der Waals surface area contributed by atoms with Crippen LogP contribution >= 0.6 is 11.8 Å². The Morgan fingerprint density at radius 2 is 2.21 bits per heavy atom. The van der Waals surface area contributed by atoms with Crippen molar-refractivity contribution in [3.05, 3.63) is 0 Å². The average Bonchev–Trinajstić information content (AvgIpc) is 2.16. The highest BCUT2D eigenvalue weighted by atomic mass is 32.2. The molecule has 0 bridgehead atoms. The lowest BCUT2D eigenvalue weighted by atomic mass is 10.3. The quantitative estimate of drug-likeness (QED) is 0.602. The first-order chi connectivity index (χ1) is 6.70. The van der Waals surface area contributed by atoms with Crippen LogP contribution in [0, 0.1) is 0 Å². The molecule has 0 spiro atoms. The summed E-state index contributed by atoms with van der Waals surface area (Å²) in [5.74, 6) is 1.15. The Hall–Kier alpha value is -0.220. The minimum atomic E-state index is 0.103. The maximum atomic E-state index is 11.2. The molecule has 0 aliphatic heterocycles. The van der Waals surface area contributed by atoms with E-state index in [1.165, 1.54) is 0 Å². The summed E-state index contributed by atoms with van der Waals surface area (Å²) in [5.41, 5.74) is 0. The van der Waals surface area contributed by atoms with Crippen LogP contribution in [0.2, 0.25) is 0 Å². The zero-order chi connectivity index (χ0) is 10.8. The van der Waals surface area contributed by atoms with Gasteiger partial charge >= 0.3 is 0 Å². The molecule has 0 aromatic rings. The van der Waals surface area contributed by atoms with E-state index >= 15 is 0 Å². The van der Waals surface area contributed by atoms with Crippen LogP contribution in [0.25, 0.3) is 0 Å². The zero-order valence-corrected chi connectivity index (χ0v) is 10.2. The molecule has 0 radical (unpaired) electrons. The Morgan fingerprint density at radius 1 is 1.50 bits per heavy atom. The van der Waals surface area contributed by atoms with E-state index < -0.39 is 0 Å². The number of thioether (sulfide) groups is 1. The summed E-state index contributed by atoms with van der Waals surface area (Å²) in [4.78, 5) is 11.2. The summed E-state index contributed by atoms with van der Waals surface area (Å²) >= 11 is 1.79. The van der Waals surface area contributed by atoms with Crippen molar-refractivity contribution in [2.75, 3.05) is 25.1 Å². The molecule has 0 saturated heterocycles. The highest BCUT2D eigenvalue weighted by molar-refractivity contribution is 7.98. The van der Waals surface area contributed by atoms with Gasteiger partial charge < -0.3 is 10.6 Å². The van der Waals surface area contributed by atoms with Gasteiger partial charge in [0.1, 0.15) is 0 Å². The third kappa shape index (κ3) is 8.38. The number of hydrogen-bond donors (Lipinski definition) is 2. The largest absolute Gasteiger partial charge is 0.355 e. The van der Waals surface area contributed by atoms with E-state index in [9.17, 15) is 4.79 Å². The van der Waals surface area contributed by atoms with Crippen LogP contribution in [-0.2, 0) is 4.79 Å². The van der Waals surface area contributed by atoms with Crippen LogP contribution in [0.4, 0.5) is 0 Å². The van der Waals surface area contributed by atoms with Crippen molar-refractivity contribution in [3.63, 3.8) is 0 Å². The van der Waals surface area contributed by atoms with Crippen LogP contribution in [0.5, 0.6) is 0 Å². The first kappa shape index (κ1) is 13.8. The highest BCUT2D eigenvalue weighted by Gasteiger charge is 2.03. The van der Waals surface area contributed by atoms with E-state index in [0.717, 1.165) is 25.1 Å². The third-order valence-electron chi connectivity index (χ3n) is 1.88. The molecule has 0 aliphatic carbocycles. The fourth-order valence-electron chi connectivity index (χ4n) is 1.04. The molecule has 0 aliphatic rings. The van der Waals surface area contributed by atoms with Gasteiger partial charge in [-0.3, -0.25) is 4.79 Å². The van der Waals surface area contributed by atoms with E-state index in [-0.39, 0.29) is 5.91 Å². The van der Waals surface area contributed by atoms with Crippen molar-refractivity contribution in [1.82, 2.24) is 10.6 Å². The lowest BCUT2D eigenvalue weighted by Crippen LogP contribution is -2.39. The van der Waals surface area contributed by atoms with Crippen molar-refractivity contribution in [2.45, 2.75) is 32.7 Å². The second kappa shape index (κ2) is 9.34. The monoisotopic (exact) mass is 218 g/mol. The number of unbranched alkanes of at least 4 members (excludes halogenated alkanes) is 1. The van der Waals surface area contributed by atoms with Gasteiger partial charge in [-0.1, -0.05) is 13.3 Å². The first-order valence-electron chi connectivity index (χ1n) is 5.19. The molecule has 4 heteroatoms. The average molecular weight is 218 g/mol. The molecule has 1 atom stereocenters. The fourth-order valence-corrected chi connectivity index (χ4v) is 1.66. The molecule has 0 saturated carbocycles. The smallest absolute Gasteiger partial charge is 0.233 e. The molecule has 1 unspecified atom stereocenters. The summed E-state index contributed by atoms with van der Waals surface area (Å²) in [7, 11) is 0. The van der Waals surface area contributed by atoms with Gasteiger partial charge in [-0.25, -0.2) is 0 Å². The number of nitrogens with one attached hydrogen (secondary N) is 2. The Bertz CT molecular complexity index is 153. The summed E-state index contributed by atoms with van der Waals surface area (Å²) in [6.45, 7) is 5.44. The van der Waals surface area contributed by atoms with E-state index in [1.807, 2.05) is 0 Å². The highest BCUT2D eigenvalue weighted by Crippen LogP contribution is 1.94. The third-order valence-corrected chi connectivity index (χ3v) is 2.71. The van der Waals surface area contributed by atoms with Crippen LogP contribution in [0.15, 0.2) is 0 Å². The zero-order valence-electron chi connectivity index (χ0n) is 9.43. The van der Waals surface area contributed by atoms with Gasteiger partial charge in [-0.2, -0.15) is 11.8 Å². The molecule has 0 aromatic carbocycles. The van der Waals surface area contributed by atoms with Gasteiger partial charge in [0.2, 0.25) is 5.91 Å². The van der Waals surface area contributed by atoms with Gasteiger partial charge in [-0.05, 0) is 19.6 Å². The normalized spacial score (nSPS) is 12.5. The SMILES string of the molecule is CCCCNC(=O)CNC(C)CSC. The summed E-state index contributed by atoms with van der Waals surface area (Å²) in [5, 5.41) is 6.05. The predicted octanol–water partition coefficient (Wildman–Crippen LogP) is 1.24. The van der Waals surface area contributed by atoms with Crippen molar-refractivity contribution in [2.24, 2.45) is 0 Å². The lowest BCUT2D eigenvalue weighted by molar-refractivity contribution is -0.120. The van der Waals surface area contributed by atoms with E-state index in [0.29, 0.717) is 12.6 Å². The van der Waals surface area contributed by atoms with Gasteiger partial charge in [0.05, 0.1) is 6.54 Å². The van der Waals surface area contributed by atoms with E-state index in [1.54, 1.807) is 11.8 Å². The topological polar surface area (TPSA) is 41.1 Å². The predicted molar refractivity (Wildman–Crippen MR) is 63.8 cm³/mol. The minimum absolute atomic E-state index is 0.103. The number of carbonyl (C=O) groups is 1. The van der Waals surface area contributed by atoms with Gasteiger partial charge in [0.15, 0.2) is 0 Å². The second-order valence-electron chi connectivity index (χ2n) is 3.44. The molecular formula is C10H22N2OS. The number of rotatable bonds is 8. The molecule has 0 fully saturated rings. The molecule has 0 heterocycles. The Balaban J connectivity index is 3.34. The minimum Gasteiger partial charge on any atom is -0.355 e. The van der Waals surface area contributed by atoms with Gasteiger partial charge in [-0.15, -0.1) is 0 Å². The first-order valence-corrected chi connectivity index (χ1v) is 6.59. The maximum Gasteiger partial charge on any atom is 0.233 e. The number of hydrogen-bond acceptors (Lipinski definition) is 3. The van der Waals surface area contributed by atoms with Crippen molar-refractivity contribution in [3.8, 4) is 0 Å². The van der Waals surface area contributed by atoms with Crippen LogP contribution < -0.4 is 10.6 Å². The van der Waals surface area contributed by atoms with Crippen LogP contribution in [0.1, 0.15) is 26.7 Å². The molecule has 1 amide bonds. The van der Waals surface area contributed by atoms with Crippen molar-refractivity contribution >= 4 is 17.7 Å². The van der Waals surface area contributed by atoms with Gasteiger partial charge in [0, 0.05) is 18.3 Å². The lowest BCUT2D eigenvalue weighted by Gasteiger charge is -2.11. The molecule has 2 N–H and O–H groups in total. The Morgan fingerprint density at radius 3 is 2.79 bits per heavy atom. The molecule has 0 rings (SSSR count). The standard InChI is InChI=1S/C10H22N2OS/c1-4-5-6-11-10(13)7-12-9(2)8-14-3/h9,12H,4-8H2,1-3H3,(H,11,13). The molecule has 3 nitrogen and oxygen atoms in total. The van der Waals surface area contributed by atoms with E-state index in [2.05, 4.69) is 30.7 Å².